The maximum atomic E-state index is 8.65. The van der Waals surface area contributed by atoms with Gasteiger partial charge in [-0.2, -0.15) is 5.26 Å². The molecule has 1 heterocycles. The average Bonchev–Trinajstić information content (AvgIpc) is 2.45. The van der Waals surface area contributed by atoms with Gasteiger partial charge in [-0.25, -0.2) is 9.97 Å². The van der Waals surface area contributed by atoms with Crippen LogP contribution in [0.1, 0.15) is 12.0 Å². The van der Waals surface area contributed by atoms with Gasteiger partial charge in [0.25, 0.3) is 0 Å². The summed E-state index contributed by atoms with van der Waals surface area (Å²) in [5.74, 6) is 0. The number of rotatable bonds is 2. The Labute approximate surface area is 122 Å². The molecule has 100 valence electrons. The van der Waals surface area contributed by atoms with Crippen molar-refractivity contribution in [1.29, 1.82) is 5.26 Å². The second kappa shape index (κ2) is 5.72. The number of aromatic nitrogens is 2. The van der Waals surface area contributed by atoms with E-state index in [0.717, 1.165) is 22.1 Å². The SMILES string of the molecule is Cl.N#CCCc1ccc2nc3ccccc3nc2c1N. The third-order valence-corrected chi connectivity index (χ3v) is 3.15. The van der Waals surface area contributed by atoms with E-state index in [0.29, 0.717) is 24.0 Å². The van der Waals surface area contributed by atoms with Crippen molar-refractivity contribution in [2.24, 2.45) is 0 Å². The van der Waals surface area contributed by atoms with E-state index >= 15 is 0 Å². The van der Waals surface area contributed by atoms with Gasteiger partial charge in [0.1, 0.15) is 5.52 Å². The van der Waals surface area contributed by atoms with Crippen LogP contribution in [0, 0.1) is 11.3 Å². The van der Waals surface area contributed by atoms with Crippen LogP contribution in [0.25, 0.3) is 22.1 Å². The maximum absolute atomic E-state index is 8.65. The lowest BCUT2D eigenvalue weighted by Gasteiger charge is -2.07. The van der Waals surface area contributed by atoms with E-state index in [2.05, 4.69) is 16.0 Å². The summed E-state index contributed by atoms with van der Waals surface area (Å²) in [6.07, 6.45) is 1.10. The number of halogens is 1. The lowest BCUT2D eigenvalue weighted by molar-refractivity contribution is 1.02. The van der Waals surface area contributed by atoms with Gasteiger partial charge in [0.15, 0.2) is 0 Å². The van der Waals surface area contributed by atoms with Crippen molar-refractivity contribution >= 4 is 40.2 Å². The molecule has 0 unspecified atom stereocenters. The fourth-order valence-electron chi connectivity index (χ4n) is 2.16. The lowest BCUT2D eigenvalue weighted by atomic mass is 10.1. The second-order valence-corrected chi connectivity index (χ2v) is 4.38. The number of benzene rings is 2. The highest BCUT2D eigenvalue weighted by atomic mass is 35.5. The number of hydrogen-bond acceptors (Lipinski definition) is 4. The molecular formula is C15H13ClN4. The predicted molar refractivity (Wildman–Crippen MR) is 82.6 cm³/mol. The second-order valence-electron chi connectivity index (χ2n) is 4.38. The van der Waals surface area contributed by atoms with E-state index < -0.39 is 0 Å². The van der Waals surface area contributed by atoms with Crippen LogP contribution < -0.4 is 5.73 Å². The molecule has 0 radical (unpaired) electrons. The summed E-state index contributed by atoms with van der Waals surface area (Å²) in [5.41, 5.74) is 10.9. The van der Waals surface area contributed by atoms with Crippen LogP contribution in [0.2, 0.25) is 0 Å². The largest absolute Gasteiger partial charge is 0.397 e. The highest BCUT2D eigenvalue weighted by molar-refractivity contribution is 5.93. The summed E-state index contributed by atoms with van der Waals surface area (Å²) < 4.78 is 0. The van der Waals surface area contributed by atoms with Gasteiger partial charge in [-0.1, -0.05) is 18.2 Å². The van der Waals surface area contributed by atoms with E-state index in [-0.39, 0.29) is 12.4 Å². The monoisotopic (exact) mass is 284 g/mol. The van der Waals surface area contributed by atoms with Gasteiger partial charge in [-0.05, 0) is 30.2 Å². The number of hydrogen-bond donors (Lipinski definition) is 1. The molecule has 0 fully saturated rings. The number of anilines is 1. The molecule has 1 aromatic heterocycles. The first-order valence-electron chi connectivity index (χ1n) is 6.10. The third kappa shape index (κ3) is 2.36. The Balaban J connectivity index is 0.00000147. The van der Waals surface area contributed by atoms with Gasteiger partial charge in [-0.15, -0.1) is 12.4 Å². The quantitative estimate of drug-likeness (QED) is 0.579. The minimum Gasteiger partial charge on any atom is -0.397 e. The van der Waals surface area contributed by atoms with E-state index in [9.17, 15) is 0 Å². The van der Waals surface area contributed by atoms with E-state index in [1.54, 1.807) is 0 Å². The number of nitrogens with two attached hydrogens (primary N) is 1. The van der Waals surface area contributed by atoms with Crippen LogP contribution in [0.4, 0.5) is 5.69 Å². The van der Waals surface area contributed by atoms with Crippen molar-refractivity contribution in [3.05, 3.63) is 42.0 Å². The molecule has 20 heavy (non-hydrogen) atoms. The van der Waals surface area contributed by atoms with E-state index in [4.69, 9.17) is 11.0 Å². The maximum Gasteiger partial charge on any atom is 0.113 e. The summed E-state index contributed by atoms with van der Waals surface area (Å²) in [4.78, 5) is 9.13. The molecular weight excluding hydrogens is 272 g/mol. The van der Waals surface area contributed by atoms with Crippen LogP contribution in [0.3, 0.4) is 0 Å². The summed E-state index contributed by atoms with van der Waals surface area (Å²) in [7, 11) is 0. The highest BCUT2D eigenvalue weighted by Gasteiger charge is 2.08. The normalized spacial score (nSPS) is 10.2. The molecule has 0 amide bonds. The number of para-hydroxylation sites is 2. The van der Waals surface area contributed by atoms with Crippen LogP contribution in [0.5, 0.6) is 0 Å². The Morgan fingerprint density at radius 2 is 1.70 bits per heavy atom. The molecule has 0 spiro atoms. The van der Waals surface area contributed by atoms with Gasteiger partial charge < -0.3 is 5.73 Å². The number of aryl methyl sites for hydroxylation is 1. The van der Waals surface area contributed by atoms with Crippen LogP contribution in [-0.2, 0) is 6.42 Å². The molecule has 2 N–H and O–H groups in total. The molecule has 0 aliphatic rings. The molecule has 0 atom stereocenters. The standard InChI is InChI=1S/C15H12N4.ClH/c16-9-3-4-10-7-8-13-15(14(10)17)19-12-6-2-1-5-11(12)18-13;/h1-2,5-8H,3-4,17H2;1H. The van der Waals surface area contributed by atoms with Crippen molar-refractivity contribution in [3.63, 3.8) is 0 Å². The lowest BCUT2D eigenvalue weighted by Crippen LogP contribution is -1.98. The van der Waals surface area contributed by atoms with Gasteiger partial charge in [0, 0.05) is 6.42 Å². The van der Waals surface area contributed by atoms with Crippen molar-refractivity contribution in [2.75, 3.05) is 5.73 Å². The Bertz CT molecular complexity index is 808. The number of fused-ring (bicyclic) bond motifs is 2. The molecule has 0 saturated carbocycles. The Kier molecular flexibility index (Phi) is 4.02. The zero-order valence-electron chi connectivity index (χ0n) is 10.7. The van der Waals surface area contributed by atoms with Crippen molar-refractivity contribution in [1.82, 2.24) is 9.97 Å². The average molecular weight is 285 g/mol. The molecule has 0 aliphatic carbocycles. The molecule has 0 aliphatic heterocycles. The van der Waals surface area contributed by atoms with Crippen molar-refractivity contribution < 1.29 is 0 Å². The molecule has 3 aromatic rings. The summed E-state index contributed by atoms with van der Waals surface area (Å²) in [6, 6.07) is 13.7. The van der Waals surface area contributed by atoms with Gasteiger partial charge in [0.05, 0.1) is 28.3 Å². The predicted octanol–water partition coefficient (Wildman–Crippen LogP) is 3.24. The Morgan fingerprint density at radius 3 is 2.40 bits per heavy atom. The van der Waals surface area contributed by atoms with Crippen LogP contribution in [-0.4, -0.2) is 9.97 Å². The smallest absolute Gasteiger partial charge is 0.113 e. The van der Waals surface area contributed by atoms with Gasteiger partial charge in [0.2, 0.25) is 0 Å². The molecule has 4 nitrogen and oxygen atoms in total. The van der Waals surface area contributed by atoms with Crippen molar-refractivity contribution in [3.8, 4) is 6.07 Å². The first-order valence-corrected chi connectivity index (χ1v) is 6.10. The number of nitrogen functional groups attached to an aromatic ring is 1. The fourth-order valence-corrected chi connectivity index (χ4v) is 2.16. The zero-order valence-corrected chi connectivity index (χ0v) is 11.5. The van der Waals surface area contributed by atoms with Gasteiger partial charge >= 0.3 is 0 Å². The molecule has 0 bridgehead atoms. The molecule has 0 saturated heterocycles. The number of nitrogens with zero attached hydrogens (tertiary/aromatic N) is 3. The van der Waals surface area contributed by atoms with E-state index in [1.165, 1.54) is 0 Å². The Morgan fingerprint density at radius 1 is 1.00 bits per heavy atom. The third-order valence-electron chi connectivity index (χ3n) is 3.15. The summed E-state index contributed by atoms with van der Waals surface area (Å²) in [5, 5.41) is 8.65. The highest BCUT2D eigenvalue weighted by Crippen LogP contribution is 2.25. The minimum atomic E-state index is 0. The Hall–Kier alpha value is -2.38. The number of nitriles is 1. The first-order chi connectivity index (χ1) is 9.29. The van der Waals surface area contributed by atoms with E-state index in [1.807, 2.05) is 36.4 Å². The van der Waals surface area contributed by atoms with Gasteiger partial charge in [-0.3, -0.25) is 0 Å². The van der Waals surface area contributed by atoms with Crippen molar-refractivity contribution in [2.45, 2.75) is 12.8 Å². The topological polar surface area (TPSA) is 75.6 Å². The molecule has 5 heteroatoms. The minimum absolute atomic E-state index is 0. The fraction of sp³-hybridized carbons (Fsp3) is 0.133. The zero-order chi connectivity index (χ0) is 13.2. The first kappa shape index (κ1) is 14.0. The summed E-state index contributed by atoms with van der Waals surface area (Å²) in [6.45, 7) is 0. The molecule has 3 rings (SSSR count). The van der Waals surface area contributed by atoms with Crippen LogP contribution in [0.15, 0.2) is 36.4 Å². The van der Waals surface area contributed by atoms with Crippen LogP contribution >= 0.6 is 12.4 Å². The molecule has 2 aromatic carbocycles. The summed E-state index contributed by atoms with van der Waals surface area (Å²) >= 11 is 0.